The molecule has 1 N–H and O–H groups in total. The Morgan fingerprint density at radius 1 is 1.39 bits per heavy atom. The molecule has 2 heterocycles. The zero-order valence-electron chi connectivity index (χ0n) is 12.2. The van der Waals surface area contributed by atoms with E-state index in [2.05, 4.69) is 51.4 Å². The van der Waals surface area contributed by atoms with Crippen LogP contribution in [0.4, 0.5) is 0 Å². The highest BCUT2D eigenvalue weighted by atomic mass is 32.1. The van der Waals surface area contributed by atoms with Crippen molar-refractivity contribution < 1.29 is 4.74 Å². The van der Waals surface area contributed by atoms with Gasteiger partial charge in [-0.05, 0) is 57.5 Å². The Balaban J connectivity index is 1.98. The maximum absolute atomic E-state index is 6.12. The Morgan fingerprint density at radius 3 is 2.67 bits per heavy atom. The van der Waals surface area contributed by atoms with E-state index in [1.165, 1.54) is 10.4 Å². The second kappa shape index (κ2) is 4.95. The number of ether oxygens (including phenoxy) is 1. The van der Waals surface area contributed by atoms with Crippen LogP contribution in [-0.4, -0.2) is 17.2 Å². The molecule has 1 fully saturated rings. The quantitative estimate of drug-likeness (QED) is 0.897. The van der Waals surface area contributed by atoms with Crippen LogP contribution in [-0.2, 0) is 17.7 Å². The third-order valence-corrected chi connectivity index (χ3v) is 4.77. The lowest BCUT2D eigenvalue weighted by Crippen LogP contribution is -2.42. The van der Waals surface area contributed by atoms with E-state index in [0.29, 0.717) is 6.04 Å². The van der Waals surface area contributed by atoms with E-state index in [9.17, 15) is 0 Å². The highest BCUT2D eigenvalue weighted by Gasteiger charge is 2.45. The lowest BCUT2D eigenvalue weighted by Gasteiger charge is -2.27. The standard InChI is InChI=1S/C15H25NOS/c1-6-11-7-8-18-12(11)10-16-13-9-14(2,3)17-15(13,4)5/h7-8,13,16H,6,9-10H2,1-5H3. The fraction of sp³-hybridized carbons (Fsp3) is 0.733. The second-order valence-electron chi connectivity index (χ2n) is 6.33. The molecule has 0 saturated carbocycles. The van der Waals surface area contributed by atoms with Gasteiger partial charge in [0.1, 0.15) is 0 Å². The molecule has 1 saturated heterocycles. The van der Waals surface area contributed by atoms with Crippen molar-refractivity contribution in [2.24, 2.45) is 0 Å². The Labute approximate surface area is 115 Å². The summed E-state index contributed by atoms with van der Waals surface area (Å²) < 4.78 is 6.12. The summed E-state index contributed by atoms with van der Waals surface area (Å²) in [5.74, 6) is 0. The second-order valence-corrected chi connectivity index (χ2v) is 7.33. The van der Waals surface area contributed by atoms with Crippen molar-refractivity contribution in [3.63, 3.8) is 0 Å². The van der Waals surface area contributed by atoms with Crippen LogP contribution in [0.15, 0.2) is 11.4 Å². The molecule has 102 valence electrons. The molecule has 0 radical (unpaired) electrons. The summed E-state index contributed by atoms with van der Waals surface area (Å²) in [5, 5.41) is 5.88. The smallest absolute Gasteiger partial charge is 0.0787 e. The maximum Gasteiger partial charge on any atom is 0.0787 e. The van der Waals surface area contributed by atoms with Gasteiger partial charge in [-0.3, -0.25) is 0 Å². The summed E-state index contributed by atoms with van der Waals surface area (Å²) in [4.78, 5) is 1.47. The van der Waals surface area contributed by atoms with Crippen molar-refractivity contribution in [1.82, 2.24) is 5.32 Å². The van der Waals surface area contributed by atoms with Crippen LogP contribution in [0.1, 0.15) is 51.5 Å². The number of aryl methyl sites for hydroxylation is 1. The minimum Gasteiger partial charge on any atom is -0.368 e. The summed E-state index contributed by atoms with van der Waals surface area (Å²) in [5.41, 5.74) is 1.39. The van der Waals surface area contributed by atoms with Gasteiger partial charge in [-0.1, -0.05) is 6.92 Å². The molecule has 3 heteroatoms. The van der Waals surface area contributed by atoms with Gasteiger partial charge in [0, 0.05) is 17.5 Å². The summed E-state index contributed by atoms with van der Waals surface area (Å²) in [6, 6.07) is 2.67. The van der Waals surface area contributed by atoms with E-state index in [1.54, 1.807) is 0 Å². The molecular formula is C15H25NOS. The largest absolute Gasteiger partial charge is 0.368 e. The summed E-state index contributed by atoms with van der Waals surface area (Å²) in [7, 11) is 0. The number of thiophene rings is 1. The van der Waals surface area contributed by atoms with Crippen LogP contribution in [0.25, 0.3) is 0 Å². The molecule has 1 aliphatic rings. The fourth-order valence-corrected chi connectivity index (χ4v) is 3.86. The molecule has 1 aromatic rings. The SMILES string of the molecule is CCc1ccsc1CNC1CC(C)(C)OC1(C)C. The highest BCUT2D eigenvalue weighted by Crippen LogP contribution is 2.37. The summed E-state index contributed by atoms with van der Waals surface area (Å²) in [6.07, 6.45) is 2.20. The van der Waals surface area contributed by atoms with Gasteiger partial charge in [0.05, 0.1) is 11.2 Å². The third kappa shape index (κ3) is 2.95. The van der Waals surface area contributed by atoms with E-state index in [1.807, 2.05) is 11.3 Å². The van der Waals surface area contributed by atoms with Crippen LogP contribution in [0.5, 0.6) is 0 Å². The summed E-state index contributed by atoms with van der Waals surface area (Å²) >= 11 is 1.85. The Morgan fingerprint density at radius 2 is 2.11 bits per heavy atom. The molecule has 1 aromatic heterocycles. The molecule has 0 aliphatic carbocycles. The number of nitrogens with one attached hydrogen (secondary N) is 1. The minimum absolute atomic E-state index is 0.00972. The molecule has 1 atom stereocenters. The lowest BCUT2D eigenvalue weighted by molar-refractivity contribution is -0.0699. The average Bonchev–Trinajstić information content (AvgIpc) is 2.76. The summed E-state index contributed by atoms with van der Waals surface area (Å²) in [6.45, 7) is 11.9. The first-order chi connectivity index (χ1) is 8.34. The number of hydrogen-bond donors (Lipinski definition) is 1. The maximum atomic E-state index is 6.12. The van der Waals surface area contributed by atoms with Gasteiger partial charge >= 0.3 is 0 Å². The predicted molar refractivity (Wildman–Crippen MR) is 78.2 cm³/mol. The average molecular weight is 267 g/mol. The van der Waals surface area contributed by atoms with Crippen molar-refractivity contribution in [3.8, 4) is 0 Å². The van der Waals surface area contributed by atoms with Gasteiger partial charge in [0.25, 0.3) is 0 Å². The zero-order valence-corrected chi connectivity index (χ0v) is 13.0. The molecule has 0 bridgehead atoms. The van der Waals surface area contributed by atoms with Crippen LogP contribution in [0, 0.1) is 0 Å². The molecule has 18 heavy (non-hydrogen) atoms. The van der Waals surface area contributed by atoms with Crippen LogP contribution in [0.3, 0.4) is 0 Å². The van der Waals surface area contributed by atoms with Gasteiger partial charge in [0.2, 0.25) is 0 Å². The van der Waals surface area contributed by atoms with E-state index >= 15 is 0 Å². The van der Waals surface area contributed by atoms with Crippen molar-refractivity contribution in [1.29, 1.82) is 0 Å². The molecule has 0 aromatic carbocycles. The van der Waals surface area contributed by atoms with Crippen LogP contribution < -0.4 is 5.32 Å². The Bertz CT molecular complexity index is 408. The molecule has 2 rings (SSSR count). The topological polar surface area (TPSA) is 21.3 Å². The molecule has 2 nitrogen and oxygen atoms in total. The first-order valence-corrected chi connectivity index (χ1v) is 7.71. The zero-order chi connectivity index (χ0) is 13.4. The number of hydrogen-bond acceptors (Lipinski definition) is 3. The van der Waals surface area contributed by atoms with Gasteiger partial charge in [-0.15, -0.1) is 11.3 Å². The van der Waals surface area contributed by atoms with Crippen LogP contribution in [0.2, 0.25) is 0 Å². The van der Waals surface area contributed by atoms with Gasteiger partial charge in [-0.25, -0.2) is 0 Å². The molecule has 1 aliphatic heterocycles. The van der Waals surface area contributed by atoms with E-state index < -0.39 is 0 Å². The van der Waals surface area contributed by atoms with E-state index in [-0.39, 0.29) is 11.2 Å². The van der Waals surface area contributed by atoms with Gasteiger partial charge in [-0.2, -0.15) is 0 Å². The molecule has 0 amide bonds. The van der Waals surface area contributed by atoms with Crippen molar-refractivity contribution in [3.05, 3.63) is 21.9 Å². The predicted octanol–water partition coefficient (Wildman–Crippen LogP) is 3.75. The van der Waals surface area contributed by atoms with Crippen molar-refractivity contribution in [2.75, 3.05) is 0 Å². The fourth-order valence-electron chi connectivity index (χ4n) is 2.93. The van der Waals surface area contributed by atoms with Crippen molar-refractivity contribution in [2.45, 2.75) is 71.2 Å². The third-order valence-electron chi connectivity index (χ3n) is 3.80. The van der Waals surface area contributed by atoms with Crippen molar-refractivity contribution >= 4 is 11.3 Å². The Hall–Kier alpha value is -0.380. The first kappa shape index (κ1) is 14.0. The molecule has 1 unspecified atom stereocenters. The normalized spacial score (nSPS) is 25.5. The minimum atomic E-state index is -0.0763. The monoisotopic (exact) mass is 267 g/mol. The van der Waals surface area contributed by atoms with E-state index in [4.69, 9.17) is 4.74 Å². The van der Waals surface area contributed by atoms with Gasteiger partial charge in [0.15, 0.2) is 0 Å². The van der Waals surface area contributed by atoms with Gasteiger partial charge < -0.3 is 10.1 Å². The highest BCUT2D eigenvalue weighted by molar-refractivity contribution is 7.10. The lowest BCUT2D eigenvalue weighted by atomic mass is 9.94. The number of rotatable bonds is 4. The van der Waals surface area contributed by atoms with E-state index in [0.717, 1.165) is 19.4 Å². The van der Waals surface area contributed by atoms with Crippen LogP contribution >= 0.6 is 11.3 Å². The molecule has 0 spiro atoms. The molecular weight excluding hydrogens is 242 g/mol. The first-order valence-electron chi connectivity index (χ1n) is 6.83. The Kier molecular flexibility index (Phi) is 3.86.